The van der Waals surface area contributed by atoms with Crippen LogP contribution in [0.5, 0.6) is 5.75 Å². The number of nitrogens with zero attached hydrogens (tertiary/aromatic N) is 1. The Hall–Kier alpha value is -1.55. The molecule has 1 aliphatic rings. The van der Waals surface area contributed by atoms with Crippen molar-refractivity contribution in [1.29, 1.82) is 0 Å². The number of benzene rings is 1. The maximum atomic E-state index is 10.7. The van der Waals surface area contributed by atoms with Crippen LogP contribution >= 0.6 is 0 Å². The first-order valence-electron chi connectivity index (χ1n) is 10.1. The van der Waals surface area contributed by atoms with Gasteiger partial charge in [-0.05, 0) is 54.2 Å². The summed E-state index contributed by atoms with van der Waals surface area (Å²) in [7, 11) is 0. The van der Waals surface area contributed by atoms with Gasteiger partial charge in [0.2, 0.25) is 0 Å². The summed E-state index contributed by atoms with van der Waals surface area (Å²) in [5.74, 6) is 0.318. The molecule has 0 aliphatic heterocycles. The molecule has 0 aromatic heterocycles. The third-order valence-electron chi connectivity index (χ3n) is 6.00. The van der Waals surface area contributed by atoms with Gasteiger partial charge in [0, 0.05) is 12.1 Å². The smallest absolute Gasteiger partial charge is 0.119 e. The fourth-order valence-electron chi connectivity index (χ4n) is 4.21. The molecule has 1 saturated carbocycles. The zero-order valence-corrected chi connectivity index (χ0v) is 16.5. The SMILES string of the molecule is CCCCCCC(C)(C)c1ccc([C@@H]2C[C@H](O)CC[C@H]2C=NO)c(O)c1. The average molecular weight is 362 g/mol. The molecule has 26 heavy (non-hydrogen) atoms. The maximum Gasteiger partial charge on any atom is 0.119 e. The molecule has 0 radical (unpaired) electrons. The molecule has 0 unspecified atom stereocenters. The highest BCUT2D eigenvalue weighted by molar-refractivity contribution is 5.63. The van der Waals surface area contributed by atoms with Crippen LogP contribution in [0.3, 0.4) is 0 Å². The van der Waals surface area contributed by atoms with Crippen molar-refractivity contribution >= 4 is 6.21 Å². The lowest BCUT2D eigenvalue weighted by atomic mass is 9.73. The Labute approximate surface area is 157 Å². The lowest BCUT2D eigenvalue weighted by Gasteiger charge is -2.33. The number of aromatic hydroxyl groups is 1. The molecular formula is C22H35NO3. The number of hydrogen-bond acceptors (Lipinski definition) is 4. The first-order chi connectivity index (χ1) is 12.4. The molecule has 146 valence electrons. The zero-order valence-electron chi connectivity index (χ0n) is 16.5. The van der Waals surface area contributed by atoms with Crippen molar-refractivity contribution in [2.24, 2.45) is 11.1 Å². The predicted molar refractivity (Wildman–Crippen MR) is 106 cm³/mol. The number of hydrogen-bond donors (Lipinski definition) is 3. The van der Waals surface area contributed by atoms with Crippen LogP contribution in [-0.2, 0) is 5.41 Å². The molecule has 3 atom stereocenters. The van der Waals surface area contributed by atoms with E-state index in [9.17, 15) is 10.2 Å². The van der Waals surface area contributed by atoms with Crippen LogP contribution in [-0.4, -0.2) is 27.7 Å². The second-order valence-corrected chi connectivity index (χ2v) is 8.47. The van der Waals surface area contributed by atoms with Gasteiger partial charge >= 0.3 is 0 Å². The molecule has 1 aliphatic carbocycles. The predicted octanol–water partition coefficient (Wildman–Crippen LogP) is 5.34. The summed E-state index contributed by atoms with van der Waals surface area (Å²) in [6.45, 7) is 6.69. The number of phenolic OH excluding ortho intramolecular Hbond substituents is 1. The number of aliphatic hydroxyl groups excluding tert-OH is 1. The summed E-state index contributed by atoms with van der Waals surface area (Å²) in [5.41, 5.74) is 2.03. The molecule has 4 heteroatoms. The largest absolute Gasteiger partial charge is 0.508 e. The molecule has 0 spiro atoms. The first kappa shape index (κ1) is 20.8. The van der Waals surface area contributed by atoms with Crippen LogP contribution in [0.25, 0.3) is 0 Å². The summed E-state index contributed by atoms with van der Waals surface area (Å²) in [4.78, 5) is 0. The van der Waals surface area contributed by atoms with E-state index in [2.05, 4.69) is 32.0 Å². The highest BCUT2D eigenvalue weighted by atomic mass is 16.4. The van der Waals surface area contributed by atoms with Gasteiger partial charge in [-0.3, -0.25) is 0 Å². The summed E-state index contributed by atoms with van der Waals surface area (Å²) in [6.07, 6.45) is 9.31. The van der Waals surface area contributed by atoms with E-state index in [1.807, 2.05) is 12.1 Å². The van der Waals surface area contributed by atoms with Gasteiger partial charge in [0.05, 0.1) is 6.10 Å². The van der Waals surface area contributed by atoms with Gasteiger partial charge in [0.15, 0.2) is 0 Å². The lowest BCUT2D eigenvalue weighted by Crippen LogP contribution is -2.27. The van der Waals surface area contributed by atoms with E-state index in [1.165, 1.54) is 25.7 Å². The Balaban J connectivity index is 2.17. The van der Waals surface area contributed by atoms with Crippen molar-refractivity contribution in [1.82, 2.24) is 0 Å². The minimum absolute atomic E-state index is 0.0173. The Morgan fingerprint density at radius 3 is 2.62 bits per heavy atom. The molecule has 0 heterocycles. The summed E-state index contributed by atoms with van der Waals surface area (Å²) in [5, 5.41) is 32.9. The minimum atomic E-state index is -0.363. The fourth-order valence-corrected chi connectivity index (χ4v) is 4.21. The monoisotopic (exact) mass is 361 g/mol. The molecule has 3 N–H and O–H groups in total. The molecule has 2 rings (SSSR count). The van der Waals surface area contributed by atoms with Crippen LogP contribution in [0.4, 0.5) is 0 Å². The topological polar surface area (TPSA) is 73.1 Å². The molecule has 0 amide bonds. The van der Waals surface area contributed by atoms with Gasteiger partial charge in [-0.25, -0.2) is 0 Å². The molecular weight excluding hydrogens is 326 g/mol. The van der Waals surface area contributed by atoms with E-state index >= 15 is 0 Å². The molecule has 1 fully saturated rings. The van der Waals surface area contributed by atoms with E-state index in [-0.39, 0.29) is 23.4 Å². The highest BCUT2D eigenvalue weighted by Crippen LogP contribution is 2.42. The van der Waals surface area contributed by atoms with Gasteiger partial charge in [-0.2, -0.15) is 0 Å². The Bertz CT molecular complexity index is 597. The van der Waals surface area contributed by atoms with E-state index in [0.29, 0.717) is 18.6 Å². The molecule has 1 aromatic rings. The number of aliphatic hydroxyl groups is 1. The Morgan fingerprint density at radius 2 is 1.96 bits per heavy atom. The van der Waals surface area contributed by atoms with Crippen molar-refractivity contribution in [3.63, 3.8) is 0 Å². The van der Waals surface area contributed by atoms with Crippen molar-refractivity contribution in [3.05, 3.63) is 29.3 Å². The second kappa shape index (κ2) is 9.40. The number of phenols is 1. The van der Waals surface area contributed by atoms with Crippen LogP contribution in [0, 0.1) is 5.92 Å². The van der Waals surface area contributed by atoms with Crippen molar-refractivity contribution in [2.75, 3.05) is 0 Å². The van der Waals surface area contributed by atoms with Crippen LogP contribution in [0.15, 0.2) is 23.4 Å². The fraction of sp³-hybridized carbons (Fsp3) is 0.682. The summed E-state index contributed by atoms with van der Waals surface area (Å²) in [6, 6.07) is 6.01. The lowest BCUT2D eigenvalue weighted by molar-refractivity contribution is 0.108. The minimum Gasteiger partial charge on any atom is -0.508 e. The third kappa shape index (κ3) is 5.23. The third-order valence-corrected chi connectivity index (χ3v) is 6.00. The van der Waals surface area contributed by atoms with E-state index < -0.39 is 0 Å². The number of rotatable bonds is 8. The highest BCUT2D eigenvalue weighted by Gasteiger charge is 2.32. The molecule has 0 saturated heterocycles. The van der Waals surface area contributed by atoms with Crippen molar-refractivity contribution in [3.8, 4) is 5.75 Å². The van der Waals surface area contributed by atoms with Gasteiger partial charge in [-0.1, -0.05) is 58.6 Å². The summed E-state index contributed by atoms with van der Waals surface area (Å²) < 4.78 is 0. The number of oxime groups is 1. The normalized spacial score (nSPS) is 24.2. The van der Waals surface area contributed by atoms with E-state index in [1.54, 1.807) is 6.21 Å². The van der Waals surface area contributed by atoms with Crippen molar-refractivity contribution in [2.45, 2.75) is 89.6 Å². The molecule has 0 bridgehead atoms. The van der Waals surface area contributed by atoms with Crippen LogP contribution in [0.1, 0.15) is 89.2 Å². The zero-order chi connectivity index (χ0) is 19.2. The van der Waals surface area contributed by atoms with Gasteiger partial charge in [0.25, 0.3) is 0 Å². The quantitative estimate of drug-likeness (QED) is 0.253. The average Bonchev–Trinajstić information content (AvgIpc) is 2.60. The Morgan fingerprint density at radius 1 is 1.19 bits per heavy atom. The Kier molecular flexibility index (Phi) is 7.51. The molecule has 4 nitrogen and oxygen atoms in total. The first-order valence-corrected chi connectivity index (χ1v) is 10.1. The van der Waals surface area contributed by atoms with Gasteiger partial charge in [0.1, 0.15) is 5.75 Å². The summed E-state index contributed by atoms with van der Waals surface area (Å²) >= 11 is 0. The van der Waals surface area contributed by atoms with Crippen LogP contribution in [0.2, 0.25) is 0 Å². The van der Waals surface area contributed by atoms with E-state index in [4.69, 9.17) is 5.21 Å². The van der Waals surface area contributed by atoms with Gasteiger partial charge in [-0.15, -0.1) is 5.16 Å². The second-order valence-electron chi connectivity index (χ2n) is 8.47. The van der Waals surface area contributed by atoms with Crippen LogP contribution < -0.4 is 0 Å². The van der Waals surface area contributed by atoms with Gasteiger partial charge < -0.3 is 15.4 Å². The standard InChI is InChI=1S/C22H35NO3/c1-4-5-6-7-12-22(2,3)17-9-11-19(21(25)13-17)20-14-18(24)10-8-16(20)15-23-26/h9,11,13,15-16,18,20,24-26H,4-8,10,12,14H2,1-3H3/t16-,18+,20+/m0/s1. The van der Waals surface area contributed by atoms with Crippen molar-refractivity contribution < 1.29 is 15.4 Å². The van der Waals surface area contributed by atoms with E-state index in [0.717, 1.165) is 24.0 Å². The number of unbranched alkanes of at least 4 members (excludes halogenated alkanes) is 3. The maximum absolute atomic E-state index is 10.7. The molecule has 1 aromatic carbocycles.